The number of rotatable bonds is 3. The van der Waals surface area contributed by atoms with Gasteiger partial charge in [-0.25, -0.2) is 15.0 Å². The summed E-state index contributed by atoms with van der Waals surface area (Å²) < 4.78 is 1.81. The molecule has 3 aromatic rings. The number of halogens is 1. The van der Waals surface area contributed by atoms with Gasteiger partial charge in [-0.3, -0.25) is 0 Å². The van der Waals surface area contributed by atoms with Gasteiger partial charge in [0.05, 0.1) is 9.92 Å². The summed E-state index contributed by atoms with van der Waals surface area (Å²) in [6.45, 7) is 1.88. The van der Waals surface area contributed by atoms with Crippen molar-refractivity contribution in [2.24, 2.45) is 11.1 Å². The summed E-state index contributed by atoms with van der Waals surface area (Å²) in [6, 6.07) is 2.17. The number of piperidine rings is 1. The van der Waals surface area contributed by atoms with Gasteiger partial charge < -0.3 is 16.4 Å². The van der Waals surface area contributed by atoms with Gasteiger partial charge in [0.1, 0.15) is 12.1 Å². The maximum atomic E-state index is 6.43. The molecule has 0 bridgehead atoms. The van der Waals surface area contributed by atoms with Crippen LogP contribution in [0.1, 0.15) is 32.1 Å². The van der Waals surface area contributed by atoms with Crippen molar-refractivity contribution in [3.05, 3.63) is 29.8 Å². The summed E-state index contributed by atoms with van der Waals surface area (Å²) in [7, 11) is 0. The van der Waals surface area contributed by atoms with Gasteiger partial charge in [-0.15, -0.1) is 0 Å². The lowest BCUT2D eigenvalue weighted by molar-refractivity contribution is 0.196. The lowest BCUT2D eigenvalue weighted by atomic mass is 9.74. The van der Waals surface area contributed by atoms with E-state index in [2.05, 4.69) is 20.0 Å². The largest absolute Gasteiger partial charge is 0.382 e. The van der Waals surface area contributed by atoms with Crippen LogP contribution < -0.4 is 16.4 Å². The molecular weight excluding hydrogens is 408 g/mol. The normalized spacial score (nSPS) is 21.3. The number of nitrogen functional groups attached to an aromatic ring is 1. The molecule has 4 heterocycles. The SMILES string of the molecule is Nc1nccc(Sc2cnc(N3CCC4(CCC[C@H]4N)CC3)n3ncnc23)c1Cl. The summed E-state index contributed by atoms with van der Waals surface area (Å²) in [5.74, 6) is 1.13. The van der Waals surface area contributed by atoms with E-state index in [0.717, 1.165) is 53.7 Å². The molecule has 0 radical (unpaired) electrons. The number of nitrogens with zero attached hydrogens (tertiary/aromatic N) is 6. The molecule has 1 spiro atoms. The highest BCUT2D eigenvalue weighted by Gasteiger charge is 2.43. The average molecular weight is 431 g/mol. The highest BCUT2D eigenvalue weighted by Crippen LogP contribution is 2.46. The zero-order chi connectivity index (χ0) is 20.0. The van der Waals surface area contributed by atoms with Crippen LogP contribution in [0.15, 0.2) is 34.6 Å². The zero-order valence-corrected chi connectivity index (χ0v) is 17.5. The molecule has 8 nitrogen and oxygen atoms in total. The highest BCUT2D eigenvalue weighted by molar-refractivity contribution is 7.99. The average Bonchev–Trinajstić information content (AvgIpc) is 3.35. The molecule has 1 aliphatic heterocycles. The molecule has 1 saturated heterocycles. The van der Waals surface area contributed by atoms with Crippen molar-refractivity contribution in [1.82, 2.24) is 24.6 Å². The Kier molecular flexibility index (Phi) is 4.76. The number of hydrogen-bond donors (Lipinski definition) is 2. The quantitative estimate of drug-likeness (QED) is 0.652. The molecule has 0 aromatic carbocycles. The Labute approximate surface area is 178 Å². The van der Waals surface area contributed by atoms with E-state index < -0.39 is 0 Å². The van der Waals surface area contributed by atoms with Crippen LogP contribution in [0.25, 0.3) is 5.65 Å². The minimum Gasteiger partial charge on any atom is -0.382 e. The van der Waals surface area contributed by atoms with E-state index in [1.807, 2.05) is 16.8 Å². The maximum Gasteiger partial charge on any atom is 0.228 e. The lowest BCUT2D eigenvalue weighted by Crippen LogP contribution is -2.47. The van der Waals surface area contributed by atoms with Gasteiger partial charge in [0.2, 0.25) is 5.95 Å². The van der Waals surface area contributed by atoms with Crippen LogP contribution in [-0.2, 0) is 0 Å². The topological polar surface area (TPSA) is 111 Å². The van der Waals surface area contributed by atoms with E-state index in [0.29, 0.717) is 22.3 Å². The molecule has 29 heavy (non-hydrogen) atoms. The van der Waals surface area contributed by atoms with E-state index >= 15 is 0 Å². The summed E-state index contributed by atoms with van der Waals surface area (Å²) in [6.07, 6.45) is 10.9. The molecule has 3 aromatic heterocycles. The third-order valence-electron chi connectivity index (χ3n) is 6.37. The van der Waals surface area contributed by atoms with Gasteiger partial charge >= 0.3 is 0 Å². The fraction of sp³-hybridized carbons (Fsp3) is 0.474. The Morgan fingerprint density at radius 1 is 1.14 bits per heavy atom. The standard InChI is InChI=1S/C19H23ClN8S/c20-15-12(3-7-23-16(15)22)29-13-10-24-18(28-17(13)25-11-26-28)27-8-5-19(6-9-27)4-1-2-14(19)21/h3,7,10-11,14H,1-2,4-6,8-9,21H2,(H2,22,23)/t14-/m1/s1. The first-order valence-corrected chi connectivity index (χ1v) is 11.0. The molecule has 1 saturated carbocycles. The number of fused-ring (bicyclic) bond motifs is 1. The van der Waals surface area contributed by atoms with Crippen molar-refractivity contribution >= 4 is 40.8 Å². The Morgan fingerprint density at radius 2 is 1.97 bits per heavy atom. The minimum absolute atomic E-state index is 0.311. The fourth-order valence-corrected chi connectivity index (χ4v) is 5.77. The Bertz CT molecular complexity index is 1050. The Morgan fingerprint density at radius 3 is 2.72 bits per heavy atom. The van der Waals surface area contributed by atoms with E-state index in [1.54, 1.807) is 12.5 Å². The van der Waals surface area contributed by atoms with Crippen molar-refractivity contribution in [2.75, 3.05) is 23.7 Å². The predicted molar refractivity (Wildman–Crippen MR) is 114 cm³/mol. The zero-order valence-electron chi connectivity index (χ0n) is 16.0. The first kappa shape index (κ1) is 18.9. The third kappa shape index (κ3) is 3.21. The van der Waals surface area contributed by atoms with Gasteiger partial charge in [-0.05, 0) is 37.2 Å². The van der Waals surface area contributed by atoms with Crippen molar-refractivity contribution in [2.45, 2.75) is 47.9 Å². The smallest absolute Gasteiger partial charge is 0.228 e. The first-order valence-electron chi connectivity index (χ1n) is 9.84. The predicted octanol–water partition coefficient (Wildman–Crippen LogP) is 3.00. The third-order valence-corrected chi connectivity index (χ3v) is 7.95. The van der Waals surface area contributed by atoms with Crippen LogP contribution in [0, 0.1) is 5.41 Å². The molecule has 0 unspecified atom stereocenters. The lowest BCUT2D eigenvalue weighted by Gasteiger charge is -2.42. The van der Waals surface area contributed by atoms with Crippen LogP contribution in [0.5, 0.6) is 0 Å². The van der Waals surface area contributed by atoms with E-state index in [1.165, 1.54) is 24.6 Å². The number of aromatic nitrogens is 5. The number of pyridine rings is 1. The van der Waals surface area contributed by atoms with E-state index in [9.17, 15) is 0 Å². The monoisotopic (exact) mass is 430 g/mol. The molecule has 152 valence electrons. The Hall–Kier alpha value is -2.10. The highest BCUT2D eigenvalue weighted by atomic mass is 35.5. The molecular formula is C19H23ClN8S. The summed E-state index contributed by atoms with van der Waals surface area (Å²) in [4.78, 5) is 17.2. The van der Waals surface area contributed by atoms with E-state index in [-0.39, 0.29) is 0 Å². The number of nitrogens with two attached hydrogens (primary N) is 2. The van der Waals surface area contributed by atoms with Crippen molar-refractivity contribution in [3.8, 4) is 0 Å². The van der Waals surface area contributed by atoms with Crippen LogP contribution in [0.2, 0.25) is 5.02 Å². The second-order valence-corrected chi connectivity index (χ2v) is 9.34. The number of hydrogen-bond acceptors (Lipinski definition) is 8. The summed E-state index contributed by atoms with van der Waals surface area (Å²) in [5.41, 5.74) is 13.3. The molecule has 5 rings (SSSR count). The van der Waals surface area contributed by atoms with Crippen molar-refractivity contribution in [1.29, 1.82) is 0 Å². The van der Waals surface area contributed by atoms with E-state index in [4.69, 9.17) is 28.1 Å². The second-order valence-electron chi connectivity index (χ2n) is 7.88. The molecule has 1 aliphatic carbocycles. The molecule has 2 fully saturated rings. The second kappa shape index (κ2) is 7.30. The first-order chi connectivity index (χ1) is 14.1. The fourth-order valence-electron chi connectivity index (χ4n) is 4.65. The molecule has 0 amide bonds. The Balaban J connectivity index is 1.42. The van der Waals surface area contributed by atoms with Crippen molar-refractivity contribution in [3.63, 3.8) is 0 Å². The van der Waals surface area contributed by atoms with Gasteiger partial charge in [0, 0.05) is 36.4 Å². The van der Waals surface area contributed by atoms with Crippen LogP contribution in [0.3, 0.4) is 0 Å². The summed E-state index contributed by atoms with van der Waals surface area (Å²) >= 11 is 7.76. The van der Waals surface area contributed by atoms with Gasteiger partial charge in [-0.1, -0.05) is 29.8 Å². The van der Waals surface area contributed by atoms with Gasteiger partial charge in [0.25, 0.3) is 0 Å². The van der Waals surface area contributed by atoms with Gasteiger partial charge in [-0.2, -0.15) is 9.61 Å². The van der Waals surface area contributed by atoms with Gasteiger partial charge in [0.15, 0.2) is 5.65 Å². The van der Waals surface area contributed by atoms with Crippen LogP contribution >= 0.6 is 23.4 Å². The van der Waals surface area contributed by atoms with Crippen LogP contribution in [0.4, 0.5) is 11.8 Å². The summed E-state index contributed by atoms with van der Waals surface area (Å²) in [5, 5.41) is 4.87. The number of anilines is 2. The molecule has 4 N–H and O–H groups in total. The maximum absolute atomic E-state index is 6.43. The molecule has 1 atom stereocenters. The molecule has 2 aliphatic rings. The molecule has 10 heteroatoms. The van der Waals surface area contributed by atoms with Crippen molar-refractivity contribution < 1.29 is 0 Å². The van der Waals surface area contributed by atoms with Crippen LogP contribution in [-0.4, -0.2) is 43.7 Å². The minimum atomic E-state index is 0.311.